The summed E-state index contributed by atoms with van der Waals surface area (Å²) in [6.45, 7) is 1.57. The number of amides is 1. The first-order valence-electron chi connectivity index (χ1n) is 8.42. The van der Waals surface area contributed by atoms with Crippen molar-refractivity contribution in [3.05, 3.63) is 86.9 Å². The Morgan fingerprint density at radius 2 is 1.96 bits per heavy atom. The van der Waals surface area contributed by atoms with Crippen LogP contribution in [0.1, 0.15) is 22.8 Å². The summed E-state index contributed by atoms with van der Waals surface area (Å²) in [5.74, 6) is -0.913. The van der Waals surface area contributed by atoms with E-state index in [-0.39, 0.29) is 22.8 Å². The number of hydrogen-bond donors (Lipinski definition) is 2. The maximum absolute atomic E-state index is 13.5. The van der Waals surface area contributed by atoms with E-state index in [2.05, 4.69) is 21.2 Å². The molecule has 2 aliphatic rings. The van der Waals surface area contributed by atoms with Crippen LogP contribution < -0.4 is 11.1 Å². The Balaban J connectivity index is 2.08. The molecule has 0 fully saturated rings. The molecule has 1 atom stereocenters. The lowest BCUT2D eigenvalue weighted by Gasteiger charge is -2.34. The van der Waals surface area contributed by atoms with Gasteiger partial charge in [0, 0.05) is 21.3 Å². The molecule has 28 heavy (non-hydrogen) atoms. The molecule has 2 heterocycles. The number of anilines is 1. The summed E-state index contributed by atoms with van der Waals surface area (Å²) in [6.07, 6.45) is 0. The Morgan fingerprint density at radius 3 is 2.64 bits per heavy atom. The van der Waals surface area contributed by atoms with E-state index in [0.29, 0.717) is 21.3 Å². The van der Waals surface area contributed by atoms with E-state index in [0.717, 1.165) is 0 Å². The highest BCUT2D eigenvalue weighted by Crippen LogP contribution is 2.52. The fourth-order valence-electron chi connectivity index (χ4n) is 3.81. The quantitative estimate of drug-likeness (QED) is 0.701. The minimum atomic E-state index is -1.67. The van der Waals surface area contributed by atoms with Crippen LogP contribution in [0.15, 0.2) is 75.8 Å². The lowest BCUT2D eigenvalue weighted by molar-refractivity contribution is -0.118. The van der Waals surface area contributed by atoms with Crippen LogP contribution in [0.5, 0.6) is 0 Å². The zero-order valence-electron chi connectivity index (χ0n) is 14.7. The van der Waals surface area contributed by atoms with Gasteiger partial charge in [0.1, 0.15) is 22.8 Å². The highest BCUT2D eigenvalue weighted by Gasteiger charge is 2.59. The van der Waals surface area contributed by atoms with Crippen molar-refractivity contribution in [2.45, 2.75) is 12.3 Å². The second kappa shape index (κ2) is 6.36. The average Bonchev–Trinajstić information content (AvgIpc) is 2.94. The Labute approximate surface area is 169 Å². The monoisotopic (exact) mass is 435 g/mol. The molecule has 6 nitrogen and oxygen atoms in total. The maximum Gasteiger partial charge on any atom is 0.245 e. The molecule has 3 N–H and O–H groups in total. The number of ether oxygens (including phenoxy) is 1. The van der Waals surface area contributed by atoms with Gasteiger partial charge in [-0.25, -0.2) is 0 Å². The number of ketones is 1. The molecule has 138 valence electrons. The zero-order valence-corrected chi connectivity index (χ0v) is 16.3. The van der Waals surface area contributed by atoms with Crippen molar-refractivity contribution in [1.82, 2.24) is 0 Å². The van der Waals surface area contributed by atoms with Crippen LogP contribution in [-0.4, -0.2) is 11.7 Å². The van der Waals surface area contributed by atoms with Gasteiger partial charge in [-0.05, 0) is 25.1 Å². The Bertz CT molecular complexity index is 1150. The van der Waals surface area contributed by atoms with Crippen molar-refractivity contribution in [1.29, 1.82) is 5.26 Å². The van der Waals surface area contributed by atoms with E-state index < -0.39 is 17.1 Å². The van der Waals surface area contributed by atoms with E-state index in [1.165, 1.54) is 0 Å². The summed E-state index contributed by atoms with van der Waals surface area (Å²) >= 11 is 3.41. The number of carbonyl (C=O) groups excluding carboxylic acids is 2. The molecular weight excluding hydrogens is 422 g/mol. The molecule has 1 amide bonds. The topological polar surface area (TPSA) is 105 Å². The largest absolute Gasteiger partial charge is 0.445 e. The highest BCUT2D eigenvalue weighted by molar-refractivity contribution is 9.10. The molecule has 0 radical (unpaired) electrons. The third kappa shape index (κ3) is 2.31. The van der Waals surface area contributed by atoms with Gasteiger partial charge in [0.15, 0.2) is 5.78 Å². The van der Waals surface area contributed by atoms with Crippen molar-refractivity contribution in [3.63, 3.8) is 0 Å². The van der Waals surface area contributed by atoms with E-state index in [1.54, 1.807) is 55.5 Å². The summed E-state index contributed by atoms with van der Waals surface area (Å²) in [4.78, 5) is 26.8. The summed E-state index contributed by atoms with van der Waals surface area (Å²) in [5, 5.41) is 12.6. The maximum atomic E-state index is 13.5. The molecule has 2 aromatic rings. The Morgan fingerprint density at radius 1 is 1.25 bits per heavy atom. The highest BCUT2D eigenvalue weighted by atomic mass is 79.9. The first-order valence-corrected chi connectivity index (χ1v) is 9.21. The number of Topliss-reactive ketones (excluding diaryl/α,β-unsaturated/α-hetero) is 1. The van der Waals surface area contributed by atoms with Gasteiger partial charge in [-0.3, -0.25) is 9.59 Å². The van der Waals surface area contributed by atoms with Gasteiger partial charge in [-0.2, -0.15) is 5.26 Å². The van der Waals surface area contributed by atoms with Crippen LogP contribution in [0.4, 0.5) is 5.69 Å². The van der Waals surface area contributed by atoms with Crippen LogP contribution in [0.3, 0.4) is 0 Å². The second-order valence-corrected chi connectivity index (χ2v) is 7.39. The number of nitrogens with zero attached hydrogens (tertiary/aromatic N) is 1. The Hall–Kier alpha value is -3.37. The van der Waals surface area contributed by atoms with E-state index in [1.807, 2.05) is 6.07 Å². The van der Waals surface area contributed by atoms with Crippen LogP contribution in [0, 0.1) is 11.3 Å². The molecule has 0 bridgehead atoms. The normalized spacial score (nSPS) is 20.5. The number of carbonyl (C=O) groups is 2. The fraction of sp³-hybridized carbons (Fsp3) is 0.0952. The van der Waals surface area contributed by atoms with E-state index in [4.69, 9.17) is 10.5 Å². The minimum Gasteiger partial charge on any atom is -0.445 e. The molecule has 2 aliphatic heterocycles. The fourth-order valence-corrected chi connectivity index (χ4v) is 4.18. The number of hydrogen-bond acceptors (Lipinski definition) is 5. The van der Waals surface area contributed by atoms with Gasteiger partial charge >= 0.3 is 0 Å². The summed E-state index contributed by atoms with van der Waals surface area (Å²) in [6, 6.07) is 15.8. The van der Waals surface area contributed by atoms with Crippen molar-refractivity contribution < 1.29 is 14.3 Å². The van der Waals surface area contributed by atoms with Crippen LogP contribution >= 0.6 is 15.9 Å². The number of rotatable bonds is 2. The standard InChI is InChI=1S/C21H14BrN3O3/c1-11-17(18(26)12-5-3-2-4-6-12)21(15(10-23)19(24)28-11)14-9-13(22)7-8-16(14)25-20(21)27/h2-9H,24H2,1H3,(H,25,27). The minimum absolute atomic E-state index is 0.0822. The third-order valence-corrected chi connectivity index (χ3v) is 5.45. The first kappa shape index (κ1) is 18.0. The number of nitrogens with two attached hydrogens (primary N) is 1. The van der Waals surface area contributed by atoms with E-state index >= 15 is 0 Å². The number of fused-ring (bicyclic) bond motifs is 2. The van der Waals surface area contributed by atoms with Crippen LogP contribution in [-0.2, 0) is 14.9 Å². The molecule has 0 aromatic heterocycles. The second-order valence-electron chi connectivity index (χ2n) is 6.47. The molecule has 2 aromatic carbocycles. The van der Waals surface area contributed by atoms with Gasteiger partial charge in [-0.1, -0.05) is 46.3 Å². The SMILES string of the molecule is CC1=C(C(=O)c2ccccc2)C2(C(=O)Nc3ccc(Br)cc32)C(C#N)=C(N)O1. The molecule has 1 spiro atoms. The van der Waals surface area contributed by atoms with Gasteiger partial charge < -0.3 is 15.8 Å². The van der Waals surface area contributed by atoms with Crippen molar-refractivity contribution in [3.8, 4) is 6.07 Å². The number of allylic oxidation sites excluding steroid dienone is 1. The van der Waals surface area contributed by atoms with Gasteiger partial charge in [0.2, 0.25) is 11.8 Å². The number of benzene rings is 2. The molecule has 1 unspecified atom stereocenters. The molecule has 0 saturated carbocycles. The van der Waals surface area contributed by atoms with Crippen LogP contribution in [0.25, 0.3) is 0 Å². The van der Waals surface area contributed by atoms with Gasteiger partial charge in [0.05, 0.1) is 5.57 Å². The molecule has 0 aliphatic carbocycles. The molecule has 0 saturated heterocycles. The van der Waals surface area contributed by atoms with Crippen molar-refractivity contribution in [2.75, 3.05) is 5.32 Å². The smallest absolute Gasteiger partial charge is 0.245 e. The molecular formula is C21H14BrN3O3. The lowest BCUT2D eigenvalue weighted by atomic mass is 9.66. The van der Waals surface area contributed by atoms with E-state index in [9.17, 15) is 14.9 Å². The third-order valence-electron chi connectivity index (χ3n) is 4.96. The Kier molecular flexibility index (Phi) is 4.09. The summed E-state index contributed by atoms with van der Waals surface area (Å²) < 4.78 is 6.23. The lowest BCUT2D eigenvalue weighted by Crippen LogP contribution is -2.45. The van der Waals surface area contributed by atoms with Gasteiger partial charge in [0.25, 0.3) is 0 Å². The van der Waals surface area contributed by atoms with Crippen molar-refractivity contribution in [2.24, 2.45) is 5.73 Å². The van der Waals surface area contributed by atoms with Gasteiger partial charge in [-0.15, -0.1) is 0 Å². The number of nitrogens with one attached hydrogen (secondary N) is 1. The number of nitriles is 1. The first-order chi connectivity index (χ1) is 13.4. The van der Waals surface area contributed by atoms with Crippen molar-refractivity contribution >= 4 is 33.3 Å². The predicted molar refractivity (Wildman–Crippen MR) is 106 cm³/mol. The molecule has 4 rings (SSSR count). The zero-order chi connectivity index (χ0) is 20.1. The molecule has 7 heteroatoms. The summed E-state index contributed by atoms with van der Waals surface area (Å²) in [5.41, 5.74) is 5.67. The van der Waals surface area contributed by atoms with Crippen LogP contribution in [0.2, 0.25) is 0 Å². The number of halogens is 1. The predicted octanol–water partition coefficient (Wildman–Crippen LogP) is 3.52. The summed E-state index contributed by atoms with van der Waals surface area (Å²) in [7, 11) is 0. The average molecular weight is 436 g/mol.